The summed E-state index contributed by atoms with van der Waals surface area (Å²) in [6, 6.07) is 3.03. The van der Waals surface area contributed by atoms with Crippen LogP contribution in [-0.4, -0.2) is 26.1 Å². The summed E-state index contributed by atoms with van der Waals surface area (Å²) >= 11 is 11.7. The lowest BCUT2D eigenvalue weighted by atomic mass is 10.1. The molecule has 0 heterocycles. The largest absolute Gasteiger partial charge is 0.466 e. The van der Waals surface area contributed by atoms with Crippen LogP contribution in [0.3, 0.4) is 0 Å². The molecule has 2 N–H and O–H groups in total. The predicted molar refractivity (Wildman–Crippen MR) is 66.7 cm³/mol. The number of benzene rings is 1. The van der Waals surface area contributed by atoms with Crippen LogP contribution >= 0.6 is 23.2 Å². The number of hydrogen-bond donors (Lipinski definition) is 1. The average Bonchev–Trinajstić information content (AvgIpc) is 2.25. The van der Waals surface area contributed by atoms with E-state index in [0.717, 1.165) is 0 Å². The van der Waals surface area contributed by atoms with Gasteiger partial charge in [-0.25, -0.2) is 0 Å². The van der Waals surface area contributed by atoms with E-state index >= 15 is 0 Å². The van der Waals surface area contributed by atoms with E-state index in [1.807, 2.05) is 0 Å². The van der Waals surface area contributed by atoms with Gasteiger partial charge in [-0.2, -0.15) is 13.2 Å². The van der Waals surface area contributed by atoms with Crippen molar-refractivity contribution in [1.29, 1.82) is 0 Å². The van der Waals surface area contributed by atoms with Gasteiger partial charge in [-0.1, -0.05) is 23.2 Å². The molecule has 1 aromatic carbocycles. The van der Waals surface area contributed by atoms with E-state index in [4.69, 9.17) is 33.7 Å². The van der Waals surface area contributed by atoms with Crippen LogP contribution in [0.2, 0.25) is 10.0 Å². The van der Waals surface area contributed by atoms with E-state index in [1.165, 1.54) is 6.07 Å². The molecule has 108 valence electrons. The zero-order valence-corrected chi connectivity index (χ0v) is 11.3. The lowest BCUT2D eigenvalue weighted by Crippen LogP contribution is -2.19. The van der Waals surface area contributed by atoms with E-state index < -0.39 is 19.6 Å². The zero-order valence-electron chi connectivity index (χ0n) is 9.77. The van der Waals surface area contributed by atoms with Crippen molar-refractivity contribution < 1.29 is 22.6 Å². The molecule has 0 fully saturated rings. The molecule has 0 saturated carbocycles. The average molecular weight is 318 g/mol. The number of rotatable bonds is 6. The lowest BCUT2D eigenvalue weighted by Gasteiger charge is -2.14. The molecule has 0 spiro atoms. The maximum atomic E-state index is 11.9. The summed E-state index contributed by atoms with van der Waals surface area (Å²) in [7, 11) is 0. The second-order valence-corrected chi connectivity index (χ2v) is 4.48. The van der Waals surface area contributed by atoms with E-state index in [9.17, 15) is 13.2 Å². The van der Waals surface area contributed by atoms with Crippen molar-refractivity contribution in [3.63, 3.8) is 0 Å². The molecule has 0 amide bonds. The molecule has 0 atom stereocenters. The van der Waals surface area contributed by atoms with Crippen LogP contribution in [0.5, 0.6) is 5.75 Å². The van der Waals surface area contributed by atoms with Crippen LogP contribution < -0.4 is 10.5 Å². The molecule has 0 aliphatic rings. The molecular formula is C11H12Cl2F3NO2. The van der Waals surface area contributed by atoms with Crippen molar-refractivity contribution in [2.24, 2.45) is 5.73 Å². The summed E-state index contributed by atoms with van der Waals surface area (Å²) in [6.07, 6.45) is -3.96. The Morgan fingerprint density at radius 2 is 1.89 bits per heavy atom. The highest BCUT2D eigenvalue weighted by atomic mass is 35.5. The fraction of sp³-hybridized carbons (Fsp3) is 0.455. The molecular weight excluding hydrogens is 306 g/mol. The fourth-order valence-electron chi connectivity index (χ4n) is 1.37. The third kappa shape index (κ3) is 5.86. The van der Waals surface area contributed by atoms with Crippen LogP contribution in [0, 0.1) is 0 Å². The topological polar surface area (TPSA) is 44.5 Å². The Kier molecular flexibility index (Phi) is 6.19. The first-order valence-electron chi connectivity index (χ1n) is 5.29. The lowest BCUT2D eigenvalue weighted by molar-refractivity contribution is -0.186. The van der Waals surface area contributed by atoms with Crippen molar-refractivity contribution in [3.8, 4) is 5.75 Å². The predicted octanol–water partition coefficient (Wildman–Crippen LogP) is 3.41. The van der Waals surface area contributed by atoms with Gasteiger partial charge in [0.1, 0.15) is 12.4 Å². The molecule has 1 aromatic rings. The quantitative estimate of drug-likeness (QED) is 0.646. The van der Waals surface area contributed by atoms with Crippen LogP contribution in [0.25, 0.3) is 0 Å². The van der Waals surface area contributed by atoms with Gasteiger partial charge < -0.3 is 15.2 Å². The molecule has 19 heavy (non-hydrogen) atoms. The van der Waals surface area contributed by atoms with Crippen LogP contribution in [0.15, 0.2) is 12.1 Å². The molecule has 8 heteroatoms. The summed E-state index contributed by atoms with van der Waals surface area (Å²) < 4.78 is 45.1. The van der Waals surface area contributed by atoms with Gasteiger partial charge in [0.25, 0.3) is 0 Å². The second kappa shape index (κ2) is 7.19. The third-order valence-corrected chi connectivity index (χ3v) is 2.55. The van der Waals surface area contributed by atoms with Gasteiger partial charge in [0.15, 0.2) is 6.79 Å². The molecule has 0 unspecified atom stereocenters. The second-order valence-electron chi connectivity index (χ2n) is 3.64. The monoisotopic (exact) mass is 317 g/mol. The maximum Gasteiger partial charge on any atom is 0.411 e. The van der Waals surface area contributed by atoms with Crippen molar-refractivity contribution in [3.05, 3.63) is 27.7 Å². The number of ether oxygens (including phenoxy) is 2. The summed E-state index contributed by atoms with van der Waals surface area (Å²) in [5, 5.41) is 0.601. The Labute approximate surface area is 118 Å². The fourth-order valence-corrected chi connectivity index (χ4v) is 1.96. The molecule has 0 radical (unpaired) electrons. The van der Waals surface area contributed by atoms with Gasteiger partial charge in [0, 0.05) is 5.02 Å². The van der Waals surface area contributed by atoms with Gasteiger partial charge in [-0.05, 0) is 30.7 Å². The Bertz CT molecular complexity index is 427. The van der Waals surface area contributed by atoms with Gasteiger partial charge in [0.2, 0.25) is 0 Å². The minimum atomic E-state index is -4.40. The molecule has 3 nitrogen and oxygen atoms in total. The molecule has 0 aromatic heterocycles. The van der Waals surface area contributed by atoms with E-state index in [2.05, 4.69) is 4.74 Å². The van der Waals surface area contributed by atoms with E-state index in [0.29, 0.717) is 23.6 Å². The maximum absolute atomic E-state index is 11.9. The molecule has 0 aliphatic carbocycles. The smallest absolute Gasteiger partial charge is 0.411 e. The zero-order chi connectivity index (χ0) is 14.5. The van der Waals surface area contributed by atoms with E-state index in [1.54, 1.807) is 6.07 Å². The van der Waals surface area contributed by atoms with E-state index in [-0.39, 0.29) is 10.8 Å². The highest BCUT2D eigenvalue weighted by Crippen LogP contribution is 2.32. The van der Waals surface area contributed by atoms with Gasteiger partial charge in [0.05, 0.1) is 5.02 Å². The Morgan fingerprint density at radius 3 is 2.47 bits per heavy atom. The van der Waals surface area contributed by atoms with Gasteiger partial charge >= 0.3 is 6.18 Å². The van der Waals surface area contributed by atoms with Crippen molar-refractivity contribution in [1.82, 2.24) is 0 Å². The van der Waals surface area contributed by atoms with Gasteiger partial charge in [-0.15, -0.1) is 0 Å². The summed E-state index contributed by atoms with van der Waals surface area (Å²) in [5.74, 6) is 0.235. The standard InChI is InChI=1S/C11H12Cl2F3NO2/c12-8-3-7(1-2-17)10(9(13)4-8)19-6-18-5-11(14,15)16/h3-4H,1-2,5-6,17H2. The van der Waals surface area contributed by atoms with Crippen LogP contribution in [-0.2, 0) is 11.2 Å². The molecule has 0 aliphatic heterocycles. The number of halogens is 5. The van der Waals surface area contributed by atoms with Crippen molar-refractivity contribution in [2.45, 2.75) is 12.6 Å². The number of hydrogen-bond acceptors (Lipinski definition) is 3. The minimum Gasteiger partial charge on any atom is -0.466 e. The Hall–Kier alpha value is -0.690. The van der Waals surface area contributed by atoms with Crippen LogP contribution in [0.4, 0.5) is 13.2 Å². The first kappa shape index (κ1) is 16.4. The summed E-state index contributed by atoms with van der Waals surface area (Å²) in [4.78, 5) is 0. The summed E-state index contributed by atoms with van der Waals surface area (Å²) in [6.45, 7) is -1.61. The third-order valence-electron chi connectivity index (χ3n) is 2.05. The molecule has 1 rings (SSSR count). The molecule has 0 saturated heterocycles. The molecule has 0 bridgehead atoms. The number of alkyl halides is 3. The normalized spacial score (nSPS) is 11.7. The van der Waals surface area contributed by atoms with Crippen molar-refractivity contribution in [2.75, 3.05) is 19.9 Å². The SMILES string of the molecule is NCCc1cc(Cl)cc(Cl)c1OCOCC(F)(F)F. The van der Waals surface area contributed by atoms with Crippen LogP contribution in [0.1, 0.15) is 5.56 Å². The Morgan fingerprint density at radius 1 is 1.21 bits per heavy atom. The van der Waals surface area contributed by atoms with Gasteiger partial charge in [-0.3, -0.25) is 0 Å². The first-order chi connectivity index (χ1) is 8.83. The first-order valence-corrected chi connectivity index (χ1v) is 6.04. The minimum absolute atomic E-state index is 0.201. The summed E-state index contributed by atoms with van der Waals surface area (Å²) in [5.41, 5.74) is 6.04. The number of nitrogens with two attached hydrogens (primary N) is 1. The highest BCUT2D eigenvalue weighted by molar-refractivity contribution is 6.35. The highest BCUT2D eigenvalue weighted by Gasteiger charge is 2.27. The van der Waals surface area contributed by atoms with Crippen molar-refractivity contribution >= 4 is 23.2 Å². The Balaban J connectivity index is 2.66.